The smallest absolute Gasteiger partial charge is 0.164 e. The number of benzene rings is 8. The third-order valence-corrected chi connectivity index (χ3v) is 14.6. The van der Waals surface area contributed by atoms with Crippen LogP contribution in [0.4, 0.5) is 17.1 Å². The summed E-state index contributed by atoms with van der Waals surface area (Å²) in [6.45, 7) is 4.73. The Balaban J connectivity index is 0.931. The van der Waals surface area contributed by atoms with Crippen LogP contribution in [0.5, 0.6) is 0 Å². The van der Waals surface area contributed by atoms with E-state index in [2.05, 4.69) is 224 Å². The summed E-state index contributed by atoms with van der Waals surface area (Å²) in [4.78, 5) is 18.0. The third-order valence-electron chi connectivity index (χ3n) is 14.6. The van der Waals surface area contributed by atoms with E-state index in [-0.39, 0.29) is 5.41 Å². The Morgan fingerprint density at radius 1 is 0.536 bits per heavy atom. The molecule has 2 aromatic heterocycles. The lowest BCUT2D eigenvalue weighted by molar-refractivity contribution is 0.632. The van der Waals surface area contributed by atoms with Crippen molar-refractivity contribution >= 4 is 66.5 Å². The van der Waals surface area contributed by atoms with Crippen LogP contribution in [0.15, 0.2) is 218 Å². The van der Waals surface area contributed by atoms with Crippen LogP contribution in [0.3, 0.4) is 0 Å². The lowest BCUT2D eigenvalue weighted by atomic mass is 9.73. The molecule has 0 saturated carbocycles. The molecule has 69 heavy (non-hydrogen) atoms. The molecule has 0 saturated heterocycles. The van der Waals surface area contributed by atoms with Crippen molar-refractivity contribution in [2.24, 2.45) is 0 Å². The Kier molecular flexibility index (Phi) is 9.72. The molecule has 8 aromatic carbocycles. The van der Waals surface area contributed by atoms with Gasteiger partial charge in [-0.05, 0) is 118 Å². The molecule has 10 aromatic rings. The van der Waals surface area contributed by atoms with Crippen molar-refractivity contribution in [3.8, 4) is 22.5 Å². The van der Waals surface area contributed by atoms with Crippen LogP contribution < -0.4 is 4.90 Å². The quantitative estimate of drug-likeness (QED) is 0.160. The Labute approximate surface area is 402 Å². The summed E-state index contributed by atoms with van der Waals surface area (Å²) in [5.74, 6) is 2.44. The Morgan fingerprint density at radius 2 is 1.22 bits per heavy atom. The fourth-order valence-corrected chi connectivity index (χ4v) is 11.1. The minimum atomic E-state index is -0.211. The van der Waals surface area contributed by atoms with E-state index >= 15 is 0 Å². The first kappa shape index (κ1) is 40.8. The van der Waals surface area contributed by atoms with E-state index < -0.39 is 0 Å². The number of aromatic nitrogens is 4. The van der Waals surface area contributed by atoms with Gasteiger partial charge in [-0.2, -0.15) is 0 Å². The Hall–Kier alpha value is -8.41. The predicted molar refractivity (Wildman–Crippen MR) is 287 cm³/mol. The summed E-state index contributed by atoms with van der Waals surface area (Å²) in [7, 11) is 0. The summed E-state index contributed by atoms with van der Waals surface area (Å²) >= 11 is 0. The van der Waals surface area contributed by atoms with E-state index in [4.69, 9.17) is 15.0 Å². The maximum absolute atomic E-state index is 5.26. The van der Waals surface area contributed by atoms with Gasteiger partial charge in [0.15, 0.2) is 17.5 Å². The standard InChI is InChI=1S/C64H49N5/c1-64(2)54-27-14-15-28-57(54)68(50-23-10-5-11-24-50)58-37-35-48(41-55(58)64)47-34-36-56-53(40-47)60-52-26-13-12-19-44(52)33-38-59(60)69(56)51-25-16-22-49(39-51)63-66-61(45-20-8-4-9-21-45)65-62(67-63)46-31-29-43(30-32-46)42-17-6-3-7-18-42/h3-15,17-21,23-29,31-41,43H,16,22,30H2,1-2H3. The summed E-state index contributed by atoms with van der Waals surface area (Å²) in [6.07, 6.45) is 14.0. The molecule has 0 radical (unpaired) electrons. The van der Waals surface area contributed by atoms with Crippen molar-refractivity contribution in [2.75, 3.05) is 4.90 Å². The highest BCUT2D eigenvalue weighted by molar-refractivity contribution is 6.22. The fourth-order valence-electron chi connectivity index (χ4n) is 11.1. The Morgan fingerprint density at radius 3 is 2.04 bits per heavy atom. The molecule has 2 aliphatic carbocycles. The average Bonchev–Trinajstić information content (AvgIpc) is 3.76. The highest BCUT2D eigenvalue weighted by atomic mass is 15.2. The largest absolute Gasteiger partial charge is 0.310 e. The maximum atomic E-state index is 5.26. The Bertz CT molecular complexity index is 3780. The SMILES string of the molecule is CC1(C)c2ccccc2N(c2ccccc2)c2ccc(-c3ccc4c(c3)c3c5ccccc5ccc3n4C3=CCCC(c4nc(C5=CCC(c6ccccc6)C=C5)nc(-c5ccccc5)n4)=C3)cc21. The zero-order chi connectivity index (χ0) is 46.1. The zero-order valence-corrected chi connectivity index (χ0v) is 38.7. The van der Waals surface area contributed by atoms with Gasteiger partial charge in [0.1, 0.15) is 0 Å². The minimum Gasteiger partial charge on any atom is -0.310 e. The maximum Gasteiger partial charge on any atom is 0.164 e. The summed E-state index contributed by atoms with van der Waals surface area (Å²) < 4.78 is 2.46. The first-order chi connectivity index (χ1) is 34.0. The van der Waals surface area contributed by atoms with Gasteiger partial charge >= 0.3 is 0 Å². The molecule has 3 heterocycles. The summed E-state index contributed by atoms with van der Waals surface area (Å²) in [6, 6.07) is 68.1. The fraction of sp³-hybridized carbons (Fsp3) is 0.109. The van der Waals surface area contributed by atoms with Gasteiger partial charge in [-0.1, -0.05) is 178 Å². The highest BCUT2D eigenvalue weighted by Gasteiger charge is 2.37. The zero-order valence-electron chi connectivity index (χ0n) is 38.7. The van der Waals surface area contributed by atoms with E-state index in [1.54, 1.807) is 0 Å². The van der Waals surface area contributed by atoms with Gasteiger partial charge in [-0.25, -0.2) is 15.0 Å². The van der Waals surface area contributed by atoms with E-state index in [0.717, 1.165) is 53.2 Å². The van der Waals surface area contributed by atoms with Gasteiger partial charge < -0.3 is 9.47 Å². The van der Waals surface area contributed by atoms with Crippen LogP contribution in [0.2, 0.25) is 0 Å². The van der Waals surface area contributed by atoms with Crippen molar-refractivity contribution in [1.82, 2.24) is 19.5 Å². The minimum absolute atomic E-state index is 0.211. The van der Waals surface area contributed by atoms with Crippen LogP contribution in [-0.2, 0) is 5.41 Å². The lowest BCUT2D eigenvalue weighted by Gasteiger charge is -2.42. The van der Waals surface area contributed by atoms with Crippen molar-refractivity contribution in [2.45, 2.75) is 44.4 Å². The number of anilines is 3. The van der Waals surface area contributed by atoms with Gasteiger partial charge in [0.25, 0.3) is 0 Å². The van der Waals surface area contributed by atoms with Crippen molar-refractivity contribution < 1.29 is 0 Å². The number of allylic oxidation sites excluding steroid dienone is 8. The van der Waals surface area contributed by atoms with Crippen molar-refractivity contribution in [1.29, 1.82) is 0 Å². The van der Waals surface area contributed by atoms with Crippen LogP contribution in [-0.4, -0.2) is 19.5 Å². The van der Waals surface area contributed by atoms with Crippen molar-refractivity contribution in [3.63, 3.8) is 0 Å². The first-order valence-corrected chi connectivity index (χ1v) is 24.2. The van der Waals surface area contributed by atoms with Crippen LogP contribution in [0.25, 0.3) is 71.9 Å². The van der Waals surface area contributed by atoms with E-state index in [1.165, 1.54) is 71.8 Å². The number of rotatable bonds is 7. The monoisotopic (exact) mass is 887 g/mol. The normalized spacial score (nSPS) is 16.2. The van der Waals surface area contributed by atoms with Gasteiger partial charge in [0.2, 0.25) is 0 Å². The van der Waals surface area contributed by atoms with Gasteiger partial charge in [0.05, 0.1) is 22.4 Å². The van der Waals surface area contributed by atoms with Gasteiger partial charge in [-0.3, -0.25) is 0 Å². The molecule has 0 spiro atoms. The molecule has 13 rings (SSSR count). The number of fused-ring (bicyclic) bond motifs is 7. The van der Waals surface area contributed by atoms with E-state index in [0.29, 0.717) is 17.6 Å². The number of nitrogens with zero attached hydrogens (tertiary/aromatic N) is 5. The summed E-state index contributed by atoms with van der Waals surface area (Å²) in [5, 5.41) is 4.96. The molecule has 1 aliphatic heterocycles. The molecule has 0 fully saturated rings. The second-order valence-corrected chi connectivity index (χ2v) is 19.1. The number of hydrogen-bond donors (Lipinski definition) is 0. The molecule has 0 bridgehead atoms. The average molecular weight is 888 g/mol. The van der Waals surface area contributed by atoms with Gasteiger partial charge in [-0.15, -0.1) is 0 Å². The molecular weight excluding hydrogens is 839 g/mol. The van der Waals surface area contributed by atoms with E-state index in [9.17, 15) is 0 Å². The molecule has 5 nitrogen and oxygen atoms in total. The summed E-state index contributed by atoms with van der Waals surface area (Å²) in [5.41, 5.74) is 16.3. The lowest BCUT2D eigenvalue weighted by Crippen LogP contribution is -2.30. The molecule has 3 aliphatic rings. The highest BCUT2D eigenvalue weighted by Crippen LogP contribution is 2.53. The predicted octanol–water partition coefficient (Wildman–Crippen LogP) is 16.4. The second-order valence-electron chi connectivity index (χ2n) is 19.1. The number of hydrogen-bond acceptors (Lipinski definition) is 4. The van der Waals surface area contributed by atoms with Gasteiger partial charge in [0, 0.05) is 44.6 Å². The molecule has 1 unspecified atom stereocenters. The van der Waals surface area contributed by atoms with Crippen molar-refractivity contribution in [3.05, 3.63) is 247 Å². The molecule has 0 N–H and O–H groups in total. The molecule has 330 valence electrons. The van der Waals surface area contributed by atoms with E-state index in [1.807, 2.05) is 18.2 Å². The number of para-hydroxylation sites is 2. The topological polar surface area (TPSA) is 46.8 Å². The van der Waals surface area contributed by atoms with Crippen LogP contribution in [0.1, 0.15) is 67.4 Å². The molecular formula is C64H49N5. The molecule has 1 atom stereocenters. The first-order valence-electron chi connectivity index (χ1n) is 24.2. The van der Waals surface area contributed by atoms with Crippen LogP contribution >= 0.6 is 0 Å². The third kappa shape index (κ3) is 6.95. The molecule has 0 amide bonds. The molecule has 5 heteroatoms. The van der Waals surface area contributed by atoms with Crippen LogP contribution in [0, 0.1) is 0 Å². The second kappa shape index (κ2) is 16.4.